The number of hydrogen-bond acceptors (Lipinski definition) is 7. The molecule has 10 heteroatoms. The molecule has 3 rings (SSSR count). The highest BCUT2D eigenvalue weighted by atomic mass is 32.2. The van der Waals surface area contributed by atoms with Gasteiger partial charge in [-0.1, -0.05) is 30.8 Å². The van der Waals surface area contributed by atoms with Gasteiger partial charge in [0.2, 0.25) is 0 Å². The van der Waals surface area contributed by atoms with Crippen LogP contribution in [0, 0.1) is 0 Å². The maximum Gasteiger partial charge on any atom is 0.283 e. The SMILES string of the molecule is CCSc1nc2ccccc2c(=O)n1-c1ccc(S(=O)(=O)N=C(SC)SC)cc1. The van der Waals surface area contributed by atoms with Crippen LogP contribution in [-0.2, 0) is 10.0 Å². The molecule has 0 unspecified atom stereocenters. The van der Waals surface area contributed by atoms with Crippen LogP contribution < -0.4 is 5.56 Å². The smallest absolute Gasteiger partial charge is 0.268 e. The predicted molar refractivity (Wildman–Crippen MR) is 125 cm³/mol. The van der Waals surface area contributed by atoms with E-state index in [9.17, 15) is 13.2 Å². The second-order valence-corrected chi connectivity index (χ2v) is 10.4. The van der Waals surface area contributed by atoms with Gasteiger partial charge in [0.05, 0.1) is 21.5 Å². The van der Waals surface area contributed by atoms with Crippen LogP contribution in [0.15, 0.2) is 67.8 Å². The Labute approximate surface area is 182 Å². The second kappa shape index (κ2) is 9.38. The van der Waals surface area contributed by atoms with Crippen molar-refractivity contribution in [3.63, 3.8) is 0 Å². The number of rotatable bonds is 5. The Balaban J connectivity index is 2.12. The Kier molecular flexibility index (Phi) is 7.10. The number of para-hydroxylation sites is 1. The van der Waals surface area contributed by atoms with Gasteiger partial charge in [0.25, 0.3) is 15.6 Å². The first-order valence-corrected chi connectivity index (χ1v) is 13.5. The van der Waals surface area contributed by atoms with E-state index in [2.05, 4.69) is 9.38 Å². The number of thioether (sulfide) groups is 3. The second-order valence-electron chi connectivity index (χ2n) is 5.72. The summed E-state index contributed by atoms with van der Waals surface area (Å²) >= 11 is 4.01. The van der Waals surface area contributed by atoms with Crippen LogP contribution in [0.25, 0.3) is 16.6 Å². The Bertz CT molecular complexity index is 1210. The molecule has 0 aliphatic carbocycles. The summed E-state index contributed by atoms with van der Waals surface area (Å²) in [5.74, 6) is 0.748. The van der Waals surface area contributed by atoms with E-state index < -0.39 is 10.0 Å². The van der Waals surface area contributed by atoms with Crippen LogP contribution in [-0.4, -0.2) is 40.6 Å². The third kappa shape index (κ3) is 4.71. The molecule has 0 saturated carbocycles. The van der Waals surface area contributed by atoms with Crippen LogP contribution in [0.1, 0.15) is 6.92 Å². The first kappa shape index (κ1) is 21.9. The van der Waals surface area contributed by atoms with E-state index in [-0.39, 0.29) is 10.5 Å². The molecule has 0 spiro atoms. The largest absolute Gasteiger partial charge is 0.283 e. The Morgan fingerprint density at radius 2 is 1.72 bits per heavy atom. The molecule has 3 aromatic rings. The predicted octanol–water partition coefficient (Wildman–Crippen LogP) is 4.27. The summed E-state index contributed by atoms with van der Waals surface area (Å²) in [6, 6.07) is 13.3. The average molecular weight is 466 g/mol. The minimum atomic E-state index is -3.81. The van der Waals surface area contributed by atoms with Crippen molar-refractivity contribution < 1.29 is 8.42 Å². The van der Waals surface area contributed by atoms with Crippen molar-refractivity contribution in [2.24, 2.45) is 4.40 Å². The zero-order valence-corrected chi connectivity index (χ0v) is 19.3. The number of aromatic nitrogens is 2. The van der Waals surface area contributed by atoms with E-state index in [1.165, 1.54) is 52.0 Å². The molecule has 6 nitrogen and oxygen atoms in total. The first-order valence-electron chi connectivity index (χ1n) is 8.59. The van der Waals surface area contributed by atoms with Crippen LogP contribution in [0.5, 0.6) is 0 Å². The molecule has 0 atom stereocenters. The average Bonchev–Trinajstić information content (AvgIpc) is 2.73. The molecule has 0 bridgehead atoms. The van der Waals surface area contributed by atoms with Gasteiger partial charge in [0.1, 0.15) is 4.38 Å². The van der Waals surface area contributed by atoms with Crippen molar-refractivity contribution in [2.75, 3.05) is 18.3 Å². The third-order valence-corrected chi connectivity index (χ3v) is 8.18. The number of fused-ring (bicyclic) bond motifs is 1. The summed E-state index contributed by atoms with van der Waals surface area (Å²) < 4.78 is 30.9. The van der Waals surface area contributed by atoms with E-state index >= 15 is 0 Å². The number of hydrogen-bond donors (Lipinski definition) is 0. The summed E-state index contributed by atoms with van der Waals surface area (Å²) in [5, 5.41) is 1.08. The van der Waals surface area contributed by atoms with Gasteiger partial charge in [-0.05, 0) is 54.7 Å². The topological polar surface area (TPSA) is 81.4 Å². The lowest BCUT2D eigenvalue weighted by Crippen LogP contribution is -2.21. The van der Waals surface area contributed by atoms with Gasteiger partial charge < -0.3 is 0 Å². The van der Waals surface area contributed by atoms with Crippen molar-refractivity contribution in [3.8, 4) is 5.69 Å². The van der Waals surface area contributed by atoms with Gasteiger partial charge in [-0.25, -0.2) is 4.98 Å². The number of sulfonamides is 1. The molecule has 152 valence electrons. The summed E-state index contributed by atoms with van der Waals surface area (Å²) in [7, 11) is -3.81. The highest BCUT2D eigenvalue weighted by Crippen LogP contribution is 2.23. The van der Waals surface area contributed by atoms with E-state index in [0.717, 1.165) is 5.75 Å². The quantitative estimate of drug-likeness (QED) is 0.241. The molecule has 0 amide bonds. The zero-order valence-electron chi connectivity index (χ0n) is 16.0. The molecule has 0 aliphatic rings. The maximum atomic E-state index is 13.1. The fraction of sp³-hybridized carbons (Fsp3) is 0.211. The molecule has 1 heterocycles. The minimum absolute atomic E-state index is 0.0772. The molecule has 0 aliphatic heterocycles. The Hall–Kier alpha value is -1.75. The highest BCUT2D eigenvalue weighted by Gasteiger charge is 2.17. The molecule has 1 aromatic heterocycles. The van der Waals surface area contributed by atoms with Gasteiger partial charge in [0, 0.05) is 0 Å². The molecule has 0 saturated heterocycles. The van der Waals surface area contributed by atoms with Gasteiger partial charge in [-0.3, -0.25) is 9.36 Å². The number of benzene rings is 2. The Morgan fingerprint density at radius 3 is 2.34 bits per heavy atom. The lowest BCUT2D eigenvalue weighted by Gasteiger charge is -2.13. The summed E-state index contributed by atoms with van der Waals surface area (Å²) in [5.41, 5.74) is 1.01. The van der Waals surface area contributed by atoms with Crippen LogP contribution >= 0.6 is 35.3 Å². The molecule has 0 radical (unpaired) electrons. The standard InChI is InChI=1S/C19H19N3O3S4/c1-4-28-18-20-16-8-6-5-7-15(16)17(23)22(18)13-9-11-14(12-10-13)29(24,25)21-19(26-2)27-3/h5-12H,4H2,1-3H3. The zero-order chi connectivity index (χ0) is 21.0. The van der Waals surface area contributed by atoms with Gasteiger partial charge in [0.15, 0.2) is 5.16 Å². The van der Waals surface area contributed by atoms with Crippen molar-refractivity contribution in [2.45, 2.75) is 17.0 Å². The van der Waals surface area contributed by atoms with Crippen molar-refractivity contribution in [1.82, 2.24) is 9.55 Å². The van der Waals surface area contributed by atoms with Gasteiger partial charge in [-0.2, -0.15) is 8.42 Å². The monoisotopic (exact) mass is 465 g/mol. The van der Waals surface area contributed by atoms with Crippen molar-refractivity contribution in [1.29, 1.82) is 0 Å². The van der Waals surface area contributed by atoms with Gasteiger partial charge >= 0.3 is 0 Å². The normalized spacial score (nSPS) is 11.6. The van der Waals surface area contributed by atoms with E-state index in [4.69, 9.17) is 0 Å². The van der Waals surface area contributed by atoms with Crippen LogP contribution in [0.4, 0.5) is 0 Å². The fourth-order valence-corrected chi connectivity index (χ4v) is 6.01. The first-order chi connectivity index (χ1) is 13.9. The summed E-state index contributed by atoms with van der Waals surface area (Å²) in [4.78, 5) is 17.8. The molecular weight excluding hydrogens is 446 g/mol. The van der Waals surface area contributed by atoms with E-state index in [1.807, 2.05) is 19.1 Å². The molecule has 2 aromatic carbocycles. The van der Waals surface area contributed by atoms with E-state index in [1.54, 1.807) is 36.8 Å². The molecule has 0 N–H and O–H groups in total. The highest BCUT2D eigenvalue weighted by molar-refractivity contribution is 8.38. The minimum Gasteiger partial charge on any atom is -0.268 e. The molecular formula is C19H19N3O3S4. The summed E-state index contributed by atoms with van der Waals surface area (Å²) in [6.07, 6.45) is 3.56. The lowest BCUT2D eigenvalue weighted by molar-refractivity contribution is 0.598. The maximum absolute atomic E-state index is 13.1. The Morgan fingerprint density at radius 1 is 1.07 bits per heavy atom. The van der Waals surface area contributed by atoms with Gasteiger partial charge in [-0.15, -0.1) is 27.9 Å². The molecule has 0 fully saturated rings. The third-order valence-electron chi connectivity index (χ3n) is 3.96. The van der Waals surface area contributed by atoms with Crippen LogP contribution in [0.2, 0.25) is 0 Å². The summed E-state index contributed by atoms with van der Waals surface area (Å²) in [6.45, 7) is 1.99. The number of nitrogens with zero attached hydrogens (tertiary/aromatic N) is 3. The molecule has 29 heavy (non-hydrogen) atoms. The van der Waals surface area contributed by atoms with E-state index in [0.29, 0.717) is 26.1 Å². The van der Waals surface area contributed by atoms with Crippen LogP contribution in [0.3, 0.4) is 0 Å². The lowest BCUT2D eigenvalue weighted by atomic mass is 10.2. The van der Waals surface area contributed by atoms with Crippen molar-refractivity contribution in [3.05, 3.63) is 58.9 Å². The van der Waals surface area contributed by atoms with Crippen molar-refractivity contribution >= 4 is 60.6 Å². The fourth-order valence-electron chi connectivity index (χ4n) is 2.64.